The topological polar surface area (TPSA) is 67.5 Å². The van der Waals surface area contributed by atoms with E-state index in [-0.39, 0.29) is 5.69 Å². The molecule has 1 aliphatic rings. The zero-order chi connectivity index (χ0) is 12.0. The third-order valence-electron chi connectivity index (χ3n) is 3.08. The molecule has 0 unspecified atom stereocenters. The van der Waals surface area contributed by atoms with E-state index in [1.54, 1.807) is 10.6 Å². The molecule has 0 saturated heterocycles. The molecule has 88 valence electrons. The average molecular weight is 231 g/mol. The summed E-state index contributed by atoms with van der Waals surface area (Å²) < 4.78 is 1.71. The van der Waals surface area contributed by atoms with Crippen LogP contribution in [-0.4, -0.2) is 25.7 Å². The first-order valence-corrected chi connectivity index (χ1v) is 5.82. The van der Waals surface area contributed by atoms with Crippen molar-refractivity contribution in [2.45, 2.75) is 32.1 Å². The number of aryl methyl sites for hydroxylation is 1. The zero-order valence-electron chi connectivity index (χ0n) is 9.55. The largest absolute Gasteiger partial charge is 0.476 e. The van der Waals surface area contributed by atoms with Crippen LogP contribution in [0.15, 0.2) is 12.1 Å². The van der Waals surface area contributed by atoms with Crippen LogP contribution in [0.2, 0.25) is 0 Å². The predicted molar refractivity (Wildman–Crippen MR) is 61.3 cm³/mol. The van der Waals surface area contributed by atoms with Gasteiger partial charge in [-0.1, -0.05) is 6.92 Å². The Balaban J connectivity index is 2.27. The van der Waals surface area contributed by atoms with E-state index in [1.165, 1.54) is 0 Å². The molecule has 2 aromatic heterocycles. The zero-order valence-corrected chi connectivity index (χ0v) is 9.55. The van der Waals surface area contributed by atoms with Crippen LogP contribution in [0, 0.1) is 0 Å². The lowest BCUT2D eigenvalue weighted by Crippen LogP contribution is -2.01. The summed E-state index contributed by atoms with van der Waals surface area (Å²) in [4.78, 5) is 15.3. The average Bonchev–Trinajstić information content (AvgIpc) is 3.09. The molecule has 0 amide bonds. The smallest absolute Gasteiger partial charge is 0.356 e. The summed E-state index contributed by atoms with van der Waals surface area (Å²) in [5, 5.41) is 13.6. The molecule has 3 rings (SSSR count). The molecule has 2 aromatic rings. The molecule has 17 heavy (non-hydrogen) atoms. The lowest BCUT2D eigenvalue weighted by molar-refractivity contribution is 0.0693. The standard InChI is InChI=1S/C12H13N3O2/c1-2-8-5-6-9-10(12(16)17)13-11(7-3-4-7)15(9)14-8/h5-7H,2-4H2,1H3,(H,16,17). The Labute approximate surface area is 98.1 Å². The minimum absolute atomic E-state index is 0.113. The number of nitrogens with zero attached hydrogens (tertiary/aromatic N) is 3. The molecule has 0 atom stereocenters. The lowest BCUT2D eigenvalue weighted by atomic mass is 10.3. The van der Waals surface area contributed by atoms with Gasteiger partial charge in [-0.05, 0) is 31.4 Å². The maximum atomic E-state index is 11.1. The number of aromatic nitrogens is 3. The van der Waals surface area contributed by atoms with Crippen molar-refractivity contribution in [1.82, 2.24) is 14.6 Å². The summed E-state index contributed by atoms with van der Waals surface area (Å²) in [7, 11) is 0. The Bertz CT molecular complexity index is 599. The number of fused-ring (bicyclic) bond motifs is 1. The normalized spacial score (nSPS) is 15.4. The first kappa shape index (κ1) is 10.3. The van der Waals surface area contributed by atoms with E-state index >= 15 is 0 Å². The van der Waals surface area contributed by atoms with Gasteiger partial charge in [0.15, 0.2) is 5.69 Å². The summed E-state index contributed by atoms with van der Waals surface area (Å²) >= 11 is 0. The van der Waals surface area contributed by atoms with E-state index in [1.807, 2.05) is 13.0 Å². The van der Waals surface area contributed by atoms with Gasteiger partial charge < -0.3 is 5.11 Å². The fraction of sp³-hybridized carbons (Fsp3) is 0.417. The van der Waals surface area contributed by atoms with Crippen molar-refractivity contribution < 1.29 is 9.90 Å². The highest BCUT2D eigenvalue weighted by molar-refractivity contribution is 5.93. The summed E-state index contributed by atoms with van der Waals surface area (Å²) in [5.41, 5.74) is 1.66. The van der Waals surface area contributed by atoms with Crippen LogP contribution < -0.4 is 0 Å². The molecular weight excluding hydrogens is 218 g/mol. The van der Waals surface area contributed by atoms with Crippen molar-refractivity contribution in [2.75, 3.05) is 0 Å². The van der Waals surface area contributed by atoms with E-state index in [0.29, 0.717) is 11.4 Å². The summed E-state index contributed by atoms with van der Waals surface area (Å²) in [6.07, 6.45) is 2.99. The van der Waals surface area contributed by atoms with Crippen LogP contribution in [0.5, 0.6) is 0 Å². The van der Waals surface area contributed by atoms with E-state index in [2.05, 4.69) is 10.1 Å². The predicted octanol–water partition coefficient (Wildman–Crippen LogP) is 1.87. The van der Waals surface area contributed by atoms with Gasteiger partial charge >= 0.3 is 5.97 Å². The van der Waals surface area contributed by atoms with Crippen LogP contribution in [0.1, 0.15) is 47.7 Å². The second kappa shape index (κ2) is 3.55. The highest BCUT2D eigenvalue weighted by atomic mass is 16.4. The van der Waals surface area contributed by atoms with Crippen LogP contribution in [-0.2, 0) is 6.42 Å². The van der Waals surface area contributed by atoms with Gasteiger partial charge in [0.2, 0.25) is 0 Å². The van der Waals surface area contributed by atoms with E-state index in [4.69, 9.17) is 5.11 Å². The molecule has 1 aliphatic carbocycles. The fourth-order valence-corrected chi connectivity index (χ4v) is 1.99. The molecule has 0 radical (unpaired) electrons. The molecule has 2 heterocycles. The Morgan fingerprint density at radius 1 is 1.53 bits per heavy atom. The number of aromatic carboxylic acids is 1. The second-order valence-corrected chi connectivity index (χ2v) is 4.37. The molecule has 1 saturated carbocycles. The van der Waals surface area contributed by atoms with Crippen LogP contribution >= 0.6 is 0 Å². The van der Waals surface area contributed by atoms with Gasteiger partial charge in [0.25, 0.3) is 0 Å². The highest BCUT2D eigenvalue weighted by Crippen LogP contribution is 2.39. The first-order valence-electron chi connectivity index (χ1n) is 5.82. The third-order valence-corrected chi connectivity index (χ3v) is 3.08. The van der Waals surface area contributed by atoms with Crippen molar-refractivity contribution in [3.63, 3.8) is 0 Å². The molecule has 0 aromatic carbocycles. The Kier molecular flexibility index (Phi) is 2.14. The summed E-state index contributed by atoms with van der Waals surface area (Å²) in [5.74, 6) is 0.198. The van der Waals surface area contributed by atoms with Crippen molar-refractivity contribution in [2.24, 2.45) is 0 Å². The highest BCUT2D eigenvalue weighted by Gasteiger charge is 2.31. The van der Waals surface area contributed by atoms with Crippen molar-refractivity contribution >= 4 is 11.5 Å². The Morgan fingerprint density at radius 2 is 2.29 bits per heavy atom. The number of rotatable bonds is 3. The van der Waals surface area contributed by atoms with Gasteiger partial charge in [-0.15, -0.1) is 0 Å². The van der Waals surface area contributed by atoms with Gasteiger partial charge in [-0.3, -0.25) is 0 Å². The van der Waals surface area contributed by atoms with Gasteiger partial charge in [-0.2, -0.15) is 5.10 Å². The maximum absolute atomic E-state index is 11.1. The Morgan fingerprint density at radius 3 is 2.88 bits per heavy atom. The molecule has 0 spiro atoms. The maximum Gasteiger partial charge on any atom is 0.356 e. The van der Waals surface area contributed by atoms with Gasteiger partial charge in [0, 0.05) is 5.92 Å². The second-order valence-electron chi connectivity index (χ2n) is 4.37. The van der Waals surface area contributed by atoms with Crippen LogP contribution in [0.4, 0.5) is 0 Å². The number of carboxylic acids is 1. The van der Waals surface area contributed by atoms with Crippen LogP contribution in [0.25, 0.3) is 5.52 Å². The first-order chi connectivity index (χ1) is 8.20. The molecule has 5 heteroatoms. The third kappa shape index (κ3) is 1.58. The fourth-order valence-electron chi connectivity index (χ4n) is 1.99. The summed E-state index contributed by atoms with van der Waals surface area (Å²) in [6.45, 7) is 2.03. The number of hydrogen-bond donors (Lipinski definition) is 1. The monoisotopic (exact) mass is 231 g/mol. The molecule has 1 fully saturated rings. The molecule has 0 aliphatic heterocycles. The number of carboxylic acid groups (broad SMARTS) is 1. The molecule has 1 N–H and O–H groups in total. The number of carbonyl (C=O) groups is 1. The van der Waals surface area contributed by atoms with Crippen molar-refractivity contribution in [3.8, 4) is 0 Å². The van der Waals surface area contributed by atoms with E-state index < -0.39 is 5.97 Å². The molecule has 0 bridgehead atoms. The van der Waals surface area contributed by atoms with Crippen molar-refractivity contribution in [3.05, 3.63) is 29.3 Å². The SMILES string of the molecule is CCc1ccc2c(C(=O)O)nc(C3CC3)n2n1. The van der Waals surface area contributed by atoms with Gasteiger partial charge in [0.05, 0.1) is 11.2 Å². The van der Waals surface area contributed by atoms with E-state index in [9.17, 15) is 4.79 Å². The number of imidazole rings is 1. The lowest BCUT2D eigenvalue weighted by Gasteiger charge is -2.00. The molecular formula is C12H13N3O2. The van der Waals surface area contributed by atoms with Crippen LogP contribution in [0.3, 0.4) is 0 Å². The van der Waals surface area contributed by atoms with Gasteiger partial charge in [0.1, 0.15) is 5.82 Å². The minimum Gasteiger partial charge on any atom is -0.476 e. The molecule has 5 nitrogen and oxygen atoms in total. The van der Waals surface area contributed by atoms with E-state index in [0.717, 1.165) is 30.8 Å². The number of hydrogen-bond acceptors (Lipinski definition) is 3. The van der Waals surface area contributed by atoms with Gasteiger partial charge in [-0.25, -0.2) is 14.3 Å². The Hall–Kier alpha value is -1.91. The quantitative estimate of drug-likeness (QED) is 0.875. The van der Waals surface area contributed by atoms with Crippen molar-refractivity contribution in [1.29, 1.82) is 0 Å². The summed E-state index contributed by atoms with van der Waals surface area (Å²) in [6, 6.07) is 3.66. The minimum atomic E-state index is -0.986.